The van der Waals surface area contributed by atoms with Gasteiger partial charge >= 0.3 is 0 Å². The maximum absolute atomic E-state index is 4.08. The van der Waals surface area contributed by atoms with Crippen LogP contribution in [0.5, 0.6) is 0 Å². The van der Waals surface area contributed by atoms with Crippen LogP contribution in [0, 0.1) is 6.92 Å². The first-order valence-electron chi connectivity index (χ1n) is 4.98. The Balaban J connectivity index is 2.13. The van der Waals surface area contributed by atoms with Gasteiger partial charge in [0.25, 0.3) is 0 Å². The second-order valence-corrected chi connectivity index (χ2v) is 4.55. The first-order chi connectivity index (χ1) is 7.27. The van der Waals surface area contributed by atoms with Crippen molar-refractivity contribution in [3.8, 4) is 0 Å². The van der Waals surface area contributed by atoms with Gasteiger partial charge in [-0.1, -0.05) is 6.07 Å². The van der Waals surface area contributed by atoms with Crippen molar-refractivity contribution in [1.29, 1.82) is 0 Å². The molecule has 0 radical (unpaired) electrons. The van der Waals surface area contributed by atoms with E-state index in [2.05, 4.69) is 41.7 Å². The Morgan fingerprint density at radius 3 is 2.93 bits per heavy atom. The van der Waals surface area contributed by atoms with E-state index in [4.69, 9.17) is 0 Å². The van der Waals surface area contributed by atoms with Gasteiger partial charge in [-0.25, -0.2) is 0 Å². The van der Waals surface area contributed by atoms with Crippen LogP contribution in [0.4, 0.5) is 5.69 Å². The number of hydrogen-bond acceptors (Lipinski definition) is 3. The first kappa shape index (κ1) is 10.2. The van der Waals surface area contributed by atoms with Crippen LogP contribution in [0.2, 0.25) is 0 Å². The lowest BCUT2D eigenvalue weighted by Crippen LogP contribution is -2.05. The molecule has 2 nitrogen and oxygen atoms in total. The third-order valence-corrected chi connectivity index (χ3v) is 3.42. The van der Waals surface area contributed by atoms with Crippen LogP contribution in [0.3, 0.4) is 0 Å². The van der Waals surface area contributed by atoms with E-state index in [1.165, 1.54) is 10.4 Å². The molecule has 0 aliphatic carbocycles. The lowest BCUT2D eigenvalue weighted by molar-refractivity contribution is 0.904. The minimum Gasteiger partial charge on any atom is -0.377 e. The van der Waals surface area contributed by atoms with E-state index in [-0.39, 0.29) is 0 Å². The van der Waals surface area contributed by atoms with E-state index in [1.54, 1.807) is 11.3 Å². The fraction of sp³-hybridized carbons (Fsp3) is 0.250. The Morgan fingerprint density at radius 2 is 2.27 bits per heavy atom. The van der Waals surface area contributed by atoms with E-state index >= 15 is 0 Å². The molecular formula is C12H14N2S. The van der Waals surface area contributed by atoms with E-state index in [0.717, 1.165) is 5.69 Å². The lowest BCUT2D eigenvalue weighted by Gasteiger charge is -2.15. The minimum atomic E-state index is 0.353. The van der Waals surface area contributed by atoms with Crippen LogP contribution in [0.1, 0.15) is 23.4 Å². The van der Waals surface area contributed by atoms with Crippen molar-refractivity contribution in [3.63, 3.8) is 0 Å². The van der Waals surface area contributed by atoms with Gasteiger partial charge in [0, 0.05) is 23.0 Å². The second-order valence-electron chi connectivity index (χ2n) is 3.57. The highest BCUT2D eigenvalue weighted by atomic mass is 32.1. The van der Waals surface area contributed by atoms with Gasteiger partial charge in [-0.05, 0) is 36.9 Å². The summed E-state index contributed by atoms with van der Waals surface area (Å²) in [6.07, 6.45) is 3.69. The number of anilines is 1. The van der Waals surface area contributed by atoms with Gasteiger partial charge in [-0.3, -0.25) is 4.98 Å². The molecule has 0 amide bonds. The van der Waals surface area contributed by atoms with Gasteiger partial charge in [0.1, 0.15) is 0 Å². The Bertz CT molecular complexity index is 423. The van der Waals surface area contributed by atoms with Crippen LogP contribution in [0.15, 0.2) is 36.0 Å². The third-order valence-electron chi connectivity index (χ3n) is 2.36. The first-order valence-corrected chi connectivity index (χ1v) is 5.86. The molecule has 0 saturated carbocycles. The number of nitrogens with zero attached hydrogens (tertiary/aromatic N) is 1. The molecule has 0 fully saturated rings. The molecule has 1 unspecified atom stereocenters. The maximum Gasteiger partial charge on any atom is 0.0578 e. The van der Waals surface area contributed by atoms with Crippen molar-refractivity contribution in [2.45, 2.75) is 19.9 Å². The highest BCUT2D eigenvalue weighted by Gasteiger charge is 2.06. The van der Waals surface area contributed by atoms with Crippen LogP contribution >= 0.6 is 11.3 Å². The standard InChI is InChI=1S/C12H14N2S/c1-9-8-13-6-5-11(9)14-10(2)12-4-3-7-15-12/h3-8,10H,1-2H3,(H,13,14). The topological polar surface area (TPSA) is 24.9 Å². The highest BCUT2D eigenvalue weighted by molar-refractivity contribution is 7.10. The zero-order chi connectivity index (χ0) is 10.7. The molecule has 1 N–H and O–H groups in total. The Labute approximate surface area is 94.0 Å². The summed E-state index contributed by atoms with van der Waals surface area (Å²) in [6, 6.07) is 6.60. The second kappa shape index (κ2) is 4.45. The fourth-order valence-electron chi connectivity index (χ4n) is 1.48. The summed E-state index contributed by atoms with van der Waals surface area (Å²) < 4.78 is 0. The smallest absolute Gasteiger partial charge is 0.0578 e. The molecule has 2 heterocycles. The molecule has 0 spiro atoms. The summed E-state index contributed by atoms with van der Waals surface area (Å²) in [5, 5.41) is 5.59. The van der Waals surface area contributed by atoms with Crippen molar-refractivity contribution in [1.82, 2.24) is 4.98 Å². The predicted molar refractivity (Wildman–Crippen MR) is 65.3 cm³/mol. The number of pyridine rings is 1. The highest BCUT2D eigenvalue weighted by Crippen LogP contribution is 2.24. The maximum atomic E-state index is 4.08. The number of rotatable bonds is 3. The van der Waals surface area contributed by atoms with Crippen molar-refractivity contribution < 1.29 is 0 Å². The summed E-state index contributed by atoms with van der Waals surface area (Å²) in [5.74, 6) is 0. The molecule has 0 aliphatic rings. The molecule has 0 bridgehead atoms. The van der Waals surface area contributed by atoms with Gasteiger partial charge in [0.05, 0.1) is 6.04 Å². The van der Waals surface area contributed by atoms with Gasteiger partial charge in [-0.15, -0.1) is 11.3 Å². The molecule has 3 heteroatoms. The SMILES string of the molecule is Cc1cnccc1NC(C)c1cccs1. The van der Waals surface area contributed by atoms with Gasteiger partial charge in [-0.2, -0.15) is 0 Å². The van der Waals surface area contributed by atoms with Crippen LogP contribution in [-0.4, -0.2) is 4.98 Å². The fourth-order valence-corrected chi connectivity index (χ4v) is 2.21. The van der Waals surface area contributed by atoms with E-state index in [1.807, 2.05) is 18.5 Å². The third kappa shape index (κ3) is 2.36. The molecule has 2 rings (SSSR count). The molecule has 0 saturated heterocycles. The predicted octanol–water partition coefficient (Wildman–Crippen LogP) is 3.62. The molecule has 0 aromatic carbocycles. The van der Waals surface area contributed by atoms with Crippen LogP contribution in [-0.2, 0) is 0 Å². The molecule has 2 aromatic heterocycles. The Kier molecular flexibility index (Phi) is 3.02. The van der Waals surface area contributed by atoms with Gasteiger partial charge < -0.3 is 5.32 Å². The summed E-state index contributed by atoms with van der Waals surface area (Å²) in [7, 11) is 0. The molecule has 0 aliphatic heterocycles. The largest absolute Gasteiger partial charge is 0.377 e. The monoisotopic (exact) mass is 218 g/mol. The summed E-state index contributed by atoms with van der Waals surface area (Å²) in [4.78, 5) is 5.43. The number of nitrogens with one attached hydrogen (secondary N) is 1. The number of thiophene rings is 1. The van der Waals surface area contributed by atoms with Gasteiger partial charge in [0.2, 0.25) is 0 Å². The van der Waals surface area contributed by atoms with Crippen LogP contribution in [0.25, 0.3) is 0 Å². The van der Waals surface area contributed by atoms with Crippen molar-refractivity contribution >= 4 is 17.0 Å². The zero-order valence-corrected chi connectivity index (χ0v) is 9.71. The van der Waals surface area contributed by atoms with Crippen LogP contribution < -0.4 is 5.32 Å². The summed E-state index contributed by atoms with van der Waals surface area (Å²) >= 11 is 1.78. The Morgan fingerprint density at radius 1 is 1.40 bits per heavy atom. The van der Waals surface area contributed by atoms with Crippen molar-refractivity contribution in [3.05, 3.63) is 46.4 Å². The molecule has 15 heavy (non-hydrogen) atoms. The van der Waals surface area contributed by atoms with E-state index in [0.29, 0.717) is 6.04 Å². The van der Waals surface area contributed by atoms with E-state index in [9.17, 15) is 0 Å². The van der Waals surface area contributed by atoms with Crippen molar-refractivity contribution in [2.75, 3.05) is 5.32 Å². The van der Waals surface area contributed by atoms with Crippen molar-refractivity contribution in [2.24, 2.45) is 0 Å². The normalized spacial score (nSPS) is 12.4. The molecule has 2 aromatic rings. The average molecular weight is 218 g/mol. The molecular weight excluding hydrogens is 204 g/mol. The summed E-state index contributed by atoms with van der Waals surface area (Å²) in [5.41, 5.74) is 2.34. The minimum absolute atomic E-state index is 0.353. The van der Waals surface area contributed by atoms with Gasteiger partial charge in [0.15, 0.2) is 0 Å². The quantitative estimate of drug-likeness (QED) is 0.851. The summed E-state index contributed by atoms with van der Waals surface area (Å²) in [6.45, 7) is 4.24. The average Bonchev–Trinajstić information content (AvgIpc) is 2.74. The molecule has 78 valence electrons. The number of hydrogen-bond donors (Lipinski definition) is 1. The number of aromatic nitrogens is 1. The Hall–Kier alpha value is -1.35. The number of aryl methyl sites for hydroxylation is 1. The van der Waals surface area contributed by atoms with E-state index < -0.39 is 0 Å². The lowest BCUT2D eigenvalue weighted by atomic mass is 10.2. The zero-order valence-electron chi connectivity index (χ0n) is 8.90. The molecule has 1 atom stereocenters.